The third kappa shape index (κ3) is 0.978. The van der Waals surface area contributed by atoms with Crippen molar-refractivity contribution in [2.75, 3.05) is 0 Å². The number of hydrogen-bond donors (Lipinski definition) is 0. The summed E-state index contributed by atoms with van der Waals surface area (Å²) in [5, 5.41) is 9.07. The third-order valence-corrected chi connectivity index (χ3v) is 4.46. The van der Waals surface area contributed by atoms with Gasteiger partial charge in [0.05, 0.1) is 17.8 Å². The van der Waals surface area contributed by atoms with E-state index in [0.29, 0.717) is 0 Å². The standard InChI is InChI=1S/C10H14ClNO/c1-8(2)7-9(3,13-7)4-5-10(8,11)6-12/h7H,4-5H2,1-3H3/t7-,9+,10+/m0/s1. The number of fused-ring (bicyclic) bond motifs is 1. The smallest absolute Gasteiger partial charge is 0.138 e. The van der Waals surface area contributed by atoms with E-state index in [-0.39, 0.29) is 17.1 Å². The maximum absolute atomic E-state index is 9.07. The van der Waals surface area contributed by atoms with Gasteiger partial charge in [0.25, 0.3) is 0 Å². The molecular weight excluding hydrogens is 186 g/mol. The molecule has 2 rings (SSSR count). The van der Waals surface area contributed by atoms with Crippen LogP contribution in [-0.4, -0.2) is 16.6 Å². The highest BCUT2D eigenvalue weighted by molar-refractivity contribution is 6.26. The van der Waals surface area contributed by atoms with E-state index in [1.165, 1.54) is 0 Å². The normalized spacial score (nSPS) is 52.1. The molecule has 1 aliphatic carbocycles. The molecule has 0 bridgehead atoms. The van der Waals surface area contributed by atoms with Crippen molar-refractivity contribution in [3.8, 4) is 6.07 Å². The number of ether oxygens (including phenoxy) is 1. The largest absolute Gasteiger partial charge is 0.366 e. The van der Waals surface area contributed by atoms with E-state index in [0.717, 1.165) is 12.8 Å². The molecule has 72 valence electrons. The van der Waals surface area contributed by atoms with Crippen LogP contribution in [0.3, 0.4) is 0 Å². The average molecular weight is 200 g/mol. The van der Waals surface area contributed by atoms with Gasteiger partial charge < -0.3 is 4.74 Å². The van der Waals surface area contributed by atoms with Crippen LogP contribution in [0.1, 0.15) is 33.6 Å². The maximum Gasteiger partial charge on any atom is 0.138 e. The zero-order chi connectivity index (χ0) is 9.91. The van der Waals surface area contributed by atoms with Crippen LogP contribution < -0.4 is 0 Å². The molecule has 0 aromatic heterocycles. The second-order valence-corrected chi connectivity index (χ2v) is 5.59. The second kappa shape index (κ2) is 2.21. The van der Waals surface area contributed by atoms with E-state index in [1.807, 2.05) is 13.8 Å². The zero-order valence-electron chi connectivity index (χ0n) is 8.22. The molecule has 1 aliphatic heterocycles. The number of epoxide rings is 1. The van der Waals surface area contributed by atoms with Crippen LogP contribution in [-0.2, 0) is 4.74 Å². The first-order chi connectivity index (χ1) is 5.86. The molecule has 13 heavy (non-hydrogen) atoms. The van der Waals surface area contributed by atoms with E-state index in [2.05, 4.69) is 13.0 Å². The Balaban J connectivity index is 2.34. The highest BCUT2D eigenvalue weighted by Gasteiger charge is 2.69. The van der Waals surface area contributed by atoms with E-state index in [9.17, 15) is 0 Å². The summed E-state index contributed by atoms with van der Waals surface area (Å²) in [7, 11) is 0. The first-order valence-electron chi connectivity index (χ1n) is 4.64. The number of alkyl halides is 1. The predicted molar refractivity (Wildman–Crippen MR) is 50.5 cm³/mol. The summed E-state index contributed by atoms with van der Waals surface area (Å²) in [6.45, 7) is 6.16. The fourth-order valence-corrected chi connectivity index (χ4v) is 2.68. The molecule has 0 unspecified atom stereocenters. The van der Waals surface area contributed by atoms with E-state index in [1.54, 1.807) is 0 Å². The van der Waals surface area contributed by atoms with E-state index < -0.39 is 4.87 Å². The van der Waals surface area contributed by atoms with Crippen LogP contribution >= 0.6 is 11.6 Å². The van der Waals surface area contributed by atoms with Crippen molar-refractivity contribution in [2.24, 2.45) is 5.41 Å². The molecule has 2 fully saturated rings. The molecule has 2 nitrogen and oxygen atoms in total. The first-order valence-corrected chi connectivity index (χ1v) is 5.01. The molecule has 0 radical (unpaired) electrons. The fourth-order valence-electron chi connectivity index (χ4n) is 2.49. The number of hydrogen-bond acceptors (Lipinski definition) is 2. The van der Waals surface area contributed by atoms with Gasteiger partial charge >= 0.3 is 0 Å². The summed E-state index contributed by atoms with van der Waals surface area (Å²) in [4.78, 5) is -0.742. The summed E-state index contributed by atoms with van der Waals surface area (Å²) in [5.41, 5.74) is -0.241. The molecule has 0 N–H and O–H groups in total. The molecule has 1 saturated carbocycles. The predicted octanol–water partition coefficient (Wildman–Crippen LogP) is 2.47. The lowest BCUT2D eigenvalue weighted by Crippen LogP contribution is -2.48. The molecule has 0 aromatic carbocycles. The number of nitriles is 1. The van der Waals surface area contributed by atoms with Gasteiger partial charge in [0.15, 0.2) is 0 Å². The molecule has 1 saturated heterocycles. The Morgan fingerprint density at radius 1 is 1.38 bits per heavy atom. The first kappa shape index (κ1) is 9.30. The van der Waals surface area contributed by atoms with Gasteiger partial charge in [-0.15, -0.1) is 11.6 Å². The van der Waals surface area contributed by atoms with Crippen molar-refractivity contribution < 1.29 is 4.74 Å². The highest BCUT2D eigenvalue weighted by atomic mass is 35.5. The Morgan fingerprint density at radius 2 is 2.00 bits per heavy atom. The Morgan fingerprint density at radius 3 is 2.54 bits per heavy atom. The van der Waals surface area contributed by atoms with E-state index >= 15 is 0 Å². The van der Waals surface area contributed by atoms with Crippen molar-refractivity contribution >= 4 is 11.6 Å². The van der Waals surface area contributed by atoms with Gasteiger partial charge in [-0.05, 0) is 19.8 Å². The number of halogens is 1. The summed E-state index contributed by atoms with van der Waals surface area (Å²) in [5.74, 6) is 0. The molecule has 1 heterocycles. The van der Waals surface area contributed by atoms with Crippen LogP contribution in [0.2, 0.25) is 0 Å². The topological polar surface area (TPSA) is 36.3 Å². The molecular formula is C10H14ClNO. The lowest BCUT2D eigenvalue weighted by molar-refractivity contribution is 0.197. The van der Waals surface area contributed by atoms with Gasteiger partial charge in [-0.1, -0.05) is 13.8 Å². The minimum Gasteiger partial charge on any atom is -0.366 e. The zero-order valence-corrected chi connectivity index (χ0v) is 8.98. The summed E-state index contributed by atoms with van der Waals surface area (Å²) < 4.78 is 5.64. The quantitative estimate of drug-likeness (QED) is 0.444. The van der Waals surface area contributed by atoms with Crippen LogP contribution in [0, 0.1) is 16.7 Å². The monoisotopic (exact) mass is 199 g/mol. The van der Waals surface area contributed by atoms with Gasteiger partial charge in [-0.2, -0.15) is 5.26 Å². The molecule has 3 atom stereocenters. The SMILES string of the molecule is CC1(C)[C@@H]2O[C@]2(C)CC[C@@]1(Cl)C#N. The Hall–Kier alpha value is -0.260. The summed E-state index contributed by atoms with van der Waals surface area (Å²) in [6, 6.07) is 2.23. The maximum atomic E-state index is 9.07. The van der Waals surface area contributed by atoms with Crippen molar-refractivity contribution in [2.45, 2.75) is 50.2 Å². The van der Waals surface area contributed by atoms with Crippen LogP contribution in [0.5, 0.6) is 0 Å². The minimum absolute atomic E-state index is 0.00125. The highest BCUT2D eigenvalue weighted by Crippen LogP contribution is 2.61. The lowest BCUT2D eigenvalue weighted by atomic mass is 9.65. The average Bonchev–Trinajstić information content (AvgIpc) is 2.74. The van der Waals surface area contributed by atoms with E-state index in [4.69, 9.17) is 21.6 Å². The van der Waals surface area contributed by atoms with Crippen LogP contribution in [0.15, 0.2) is 0 Å². The van der Waals surface area contributed by atoms with Crippen molar-refractivity contribution in [1.29, 1.82) is 5.26 Å². The van der Waals surface area contributed by atoms with Gasteiger partial charge in [0.2, 0.25) is 0 Å². The third-order valence-electron chi connectivity index (χ3n) is 3.70. The number of nitrogens with zero attached hydrogens (tertiary/aromatic N) is 1. The van der Waals surface area contributed by atoms with Gasteiger partial charge in [0.1, 0.15) is 4.87 Å². The molecule has 0 aromatic rings. The Kier molecular flexibility index (Phi) is 1.58. The van der Waals surface area contributed by atoms with Crippen LogP contribution in [0.4, 0.5) is 0 Å². The lowest BCUT2D eigenvalue weighted by Gasteiger charge is -2.40. The van der Waals surface area contributed by atoms with Crippen molar-refractivity contribution in [1.82, 2.24) is 0 Å². The van der Waals surface area contributed by atoms with Crippen LogP contribution in [0.25, 0.3) is 0 Å². The van der Waals surface area contributed by atoms with Gasteiger partial charge in [-0.25, -0.2) is 0 Å². The van der Waals surface area contributed by atoms with Crippen molar-refractivity contribution in [3.05, 3.63) is 0 Å². The Labute approximate surface area is 83.8 Å². The molecule has 0 amide bonds. The minimum atomic E-state index is -0.742. The van der Waals surface area contributed by atoms with Gasteiger partial charge in [-0.3, -0.25) is 0 Å². The number of rotatable bonds is 0. The molecule has 2 aliphatic rings. The van der Waals surface area contributed by atoms with Crippen molar-refractivity contribution in [3.63, 3.8) is 0 Å². The summed E-state index contributed by atoms with van der Waals surface area (Å²) in [6.07, 6.45) is 1.79. The summed E-state index contributed by atoms with van der Waals surface area (Å²) >= 11 is 6.29. The molecule has 3 heteroatoms. The van der Waals surface area contributed by atoms with Gasteiger partial charge in [0, 0.05) is 5.41 Å². The Bertz CT molecular complexity index is 296. The molecule has 0 spiro atoms. The second-order valence-electron chi connectivity index (χ2n) is 4.95. The fraction of sp³-hybridized carbons (Fsp3) is 0.900.